The number of benzene rings is 1. The fourth-order valence-corrected chi connectivity index (χ4v) is 4.23. The fraction of sp³-hybridized carbons (Fsp3) is 0.368. The Morgan fingerprint density at radius 3 is 3.00 bits per heavy atom. The van der Waals surface area contributed by atoms with Crippen LogP contribution in [0, 0.1) is 11.7 Å². The Kier molecular flexibility index (Phi) is 4.88. The van der Waals surface area contributed by atoms with Crippen molar-refractivity contribution in [2.45, 2.75) is 19.4 Å². The molecule has 2 aromatic heterocycles. The normalized spacial score (nSPS) is 18.0. The lowest BCUT2D eigenvalue weighted by atomic mass is 9.99. The number of imidazole rings is 1. The largest absolute Gasteiger partial charge is 0.351 e. The zero-order valence-electron chi connectivity index (χ0n) is 14.7. The van der Waals surface area contributed by atoms with Gasteiger partial charge >= 0.3 is 0 Å². The van der Waals surface area contributed by atoms with Crippen LogP contribution in [0.1, 0.15) is 17.7 Å². The molecule has 3 aromatic rings. The zero-order chi connectivity index (χ0) is 17.9. The van der Waals surface area contributed by atoms with Gasteiger partial charge in [-0.3, -0.25) is 9.39 Å². The summed E-state index contributed by atoms with van der Waals surface area (Å²) in [6, 6.07) is 6.85. The maximum Gasteiger partial charge on any atom is 0.193 e. The summed E-state index contributed by atoms with van der Waals surface area (Å²) in [5.41, 5.74) is 2.21. The molecule has 0 radical (unpaired) electrons. The first kappa shape index (κ1) is 17.0. The van der Waals surface area contributed by atoms with E-state index in [0.29, 0.717) is 12.5 Å². The molecule has 0 bridgehead atoms. The average Bonchev–Trinajstić information content (AvgIpc) is 3.34. The highest BCUT2D eigenvalue weighted by Gasteiger charge is 2.25. The summed E-state index contributed by atoms with van der Waals surface area (Å²) in [5, 5.41) is 5.46. The van der Waals surface area contributed by atoms with E-state index >= 15 is 0 Å². The van der Waals surface area contributed by atoms with Gasteiger partial charge in [-0.2, -0.15) is 0 Å². The van der Waals surface area contributed by atoms with Crippen molar-refractivity contribution in [1.82, 2.24) is 19.6 Å². The molecule has 1 unspecified atom stereocenters. The van der Waals surface area contributed by atoms with Gasteiger partial charge in [-0.1, -0.05) is 12.1 Å². The SMILES string of the molecule is CN=C(NCc1cn2ccsc2n1)N1CCC(Cc2ccc(F)cc2)C1. The third kappa shape index (κ3) is 3.72. The van der Waals surface area contributed by atoms with Crippen molar-refractivity contribution in [3.63, 3.8) is 0 Å². The molecule has 1 aromatic carbocycles. The molecule has 7 heteroatoms. The summed E-state index contributed by atoms with van der Waals surface area (Å²) < 4.78 is 15.1. The van der Waals surface area contributed by atoms with Crippen molar-refractivity contribution in [1.29, 1.82) is 0 Å². The van der Waals surface area contributed by atoms with E-state index in [1.807, 2.05) is 41.4 Å². The van der Waals surface area contributed by atoms with Gasteiger partial charge in [0.1, 0.15) is 5.82 Å². The highest BCUT2D eigenvalue weighted by molar-refractivity contribution is 7.15. The van der Waals surface area contributed by atoms with Crippen LogP contribution in [-0.2, 0) is 13.0 Å². The van der Waals surface area contributed by atoms with E-state index in [4.69, 9.17) is 0 Å². The molecule has 1 atom stereocenters. The average molecular weight is 371 g/mol. The smallest absolute Gasteiger partial charge is 0.193 e. The lowest BCUT2D eigenvalue weighted by molar-refractivity contribution is 0.459. The van der Waals surface area contributed by atoms with Gasteiger partial charge in [0.05, 0.1) is 12.2 Å². The first-order chi connectivity index (χ1) is 12.7. The highest BCUT2D eigenvalue weighted by Crippen LogP contribution is 2.21. The van der Waals surface area contributed by atoms with E-state index < -0.39 is 0 Å². The van der Waals surface area contributed by atoms with Crippen LogP contribution in [0.2, 0.25) is 0 Å². The molecule has 136 valence electrons. The van der Waals surface area contributed by atoms with Gasteiger partial charge < -0.3 is 10.2 Å². The van der Waals surface area contributed by atoms with Gasteiger partial charge in [-0.05, 0) is 36.5 Å². The predicted octanol–water partition coefficient (Wildman–Crippen LogP) is 3.17. The summed E-state index contributed by atoms with van der Waals surface area (Å²) in [6.45, 7) is 2.62. The number of guanidine groups is 1. The minimum absolute atomic E-state index is 0.175. The van der Waals surface area contributed by atoms with Crippen molar-refractivity contribution in [3.05, 3.63) is 59.1 Å². The number of aromatic nitrogens is 2. The van der Waals surface area contributed by atoms with Crippen LogP contribution in [0.5, 0.6) is 0 Å². The number of aliphatic imine (C=N–C) groups is 1. The standard InChI is InChI=1S/C19H22FN5S/c1-21-18(22-11-17-13-25-8-9-26-19(25)23-17)24-7-6-15(12-24)10-14-2-4-16(20)5-3-14/h2-5,8-9,13,15H,6-7,10-12H2,1H3,(H,21,22). The Morgan fingerprint density at radius 1 is 1.38 bits per heavy atom. The summed E-state index contributed by atoms with van der Waals surface area (Å²) in [5.74, 6) is 1.31. The fourth-order valence-electron chi connectivity index (χ4n) is 3.51. The lowest BCUT2D eigenvalue weighted by Crippen LogP contribution is -2.39. The van der Waals surface area contributed by atoms with E-state index in [2.05, 4.69) is 20.2 Å². The molecule has 26 heavy (non-hydrogen) atoms. The molecule has 1 aliphatic heterocycles. The lowest BCUT2D eigenvalue weighted by Gasteiger charge is -2.21. The van der Waals surface area contributed by atoms with Crippen molar-refractivity contribution < 1.29 is 4.39 Å². The number of hydrogen-bond donors (Lipinski definition) is 1. The summed E-state index contributed by atoms with van der Waals surface area (Å²) in [7, 11) is 1.82. The van der Waals surface area contributed by atoms with Crippen LogP contribution in [0.25, 0.3) is 4.96 Å². The number of halogens is 1. The second-order valence-corrected chi connectivity index (χ2v) is 7.53. The molecular weight excluding hydrogens is 349 g/mol. The molecule has 0 saturated carbocycles. The Labute approximate surface area is 156 Å². The first-order valence-corrected chi connectivity index (χ1v) is 9.70. The number of rotatable bonds is 4. The molecule has 4 rings (SSSR count). The Hall–Kier alpha value is -2.41. The third-order valence-electron chi connectivity index (χ3n) is 4.81. The van der Waals surface area contributed by atoms with Crippen LogP contribution < -0.4 is 5.32 Å². The number of nitrogens with zero attached hydrogens (tertiary/aromatic N) is 4. The van der Waals surface area contributed by atoms with Crippen molar-refractivity contribution in [2.24, 2.45) is 10.9 Å². The van der Waals surface area contributed by atoms with Gasteiger partial charge in [0.25, 0.3) is 0 Å². The van der Waals surface area contributed by atoms with E-state index in [1.54, 1.807) is 11.3 Å². The predicted molar refractivity (Wildman–Crippen MR) is 103 cm³/mol. The maximum absolute atomic E-state index is 13.0. The minimum atomic E-state index is -0.175. The van der Waals surface area contributed by atoms with Crippen molar-refractivity contribution in [3.8, 4) is 0 Å². The molecular formula is C19H22FN5S. The molecule has 1 aliphatic rings. The van der Waals surface area contributed by atoms with E-state index in [9.17, 15) is 4.39 Å². The summed E-state index contributed by atoms with van der Waals surface area (Å²) in [4.78, 5) is 12.3. The second-order valence-electron chi connectivity index (χ2n) is 6.66. The van der Waals surface area contributed by atoms with E-state index in [-0.39, 0.29) is 5.82 Å². The zero-order valence-corrected chi connectivity index (χ0v) is 15.5. The second kappa shape index (κ2) is 7.45. The molecule has 1 fully saturated rings. The number of likely N-dealkylation sites (tertiary alicyclic amines) is 1. The Morgan fingerprint density at radius 2 is 2.23 bits per heavy atom. The van der Waals surface area contributed by atoms with E-state index in [0.717, 1.165) is 42.5 Å². The van der Waals surface area contributed by atoms with Gasteiger partial charge in [0.15, 0.2) is 10.9 Å². The molecule has 3 heterocycles. The van der Waals surface area contributed by atoms with Crippen molar-refractivity contribution >= 4 is 22.3 Å². The minimum Gasteiger partial charge on any atom is -0.351 e. The molecule has 0 amide bonds. The number of hydrogen-bond acceptors (Lipinski definition) is 3. The summed E-state index contributed by atoms with van der Waals surface area (Å²) in [6.07, 6.45) is 6.17. The van der Waals surface area contributed by atoms with Crippen LogP contribution in [0.15, 0.2) is 47.0 Å². The Bertz CT molecular complexity index is 870. The van der Waals surface area contributed by atoms with Gasteiger partial charge in [-0.15, -0.1) is 11.3 Å². The van der Waals surface area contributed by atoms with Crippen LogP contribution in [-0.4, -0.2) is 40.4 Å². The number of fused-ring (bicyclic) bond motifs is 1. The first-order valence-electron chi connectivity index (χ1n) is 8.82. The van der Waals surface area contributed by atoms with E-state index in [1.165, 1.54) is 17.7 Å². The molecule has 0 aliphatic carbocycles. The maximum atomic E-state index is 13.0. The molecule has 5 nitrogen and oxygen atoms in total. The monoisotopic (exact) mass is 371 g/mol. The van der Waals surface area contributed by atoms with Crippen LogP contribution in [0.3, 0.4) is 0 Å². The van der Waals surface area contributed by atoms with Gasteiger partial charge in [0.2, 0.25) is 0 Å². The molecule has 1 N–H and O–H groups in total. The topological polar surface area (TPSA) is 44.9 Å². The summed E-state index contributed by atoms with van der Waals surface area (Å²) >= 11 is 1.64. The Balaban J connectivity index is 1.32. The third-order valence-corrected chi connectivity index (χ3v) is 5.58. The number of nitrogens with one attached hydrogen (secondary N) is 1. The highest BCUT2D eigenvalue weighted by atomic mass is 32.1. The number of thiazole rings is 1. The van der Waals surface area contributed by atoms with Crippen LogP contribution >= 0.6 is 11.3 Å². The van der Waals surface area contributed by atoms with Crippen LogP contribution in [0.4, 0.5) is 4.39 Å². The van der Waals surface area contributed by atoms with Gasteiger partial charge in [0, 0.05) is 37.9 Å². The van der Waals surface area contributed by atoms with Gasteiger partial charge in [-0.25, -0.2) is 9.37 Å². The quantitative estimate of drug-likeness (QED) is 0.566. The molecule has 0 spiro atoms. The van der Waals surface area contributed by atoms with Crippen molar-refractivity contribution in [2.75, 3.05) is 20.1 Å². The molecule has 1 saturated heterocycles.